The third-order valence-electron chi connectivity index (χ3n) is 6.32. The summed E-state index contributed by atoms with van der Waals surface area (Å²) in [6.45, 7) is 3.34. The molecule has 1 aliphatic rings. The maximum atomic E-state index is 14.4. The number of aromatic nitrogens is 1. The van der Waals surface area contributed by atoms with Gasteiger partial charge in [0.05, 0.1) is 17.8 Å². The molecule has 0 atom stereocenters. The summed E-state index contributed by atoms with van der Waals surface area (Å²) in [5.41, 5.74) is 0.865. The molecule has 1 aromatic heterocycles. The quantitative estimate of drug-likeness (QED) is 0.131. The van der Waals surface area contributed by atoms with Crippen LogP contribution in [0, 0.1) is 41.8 Å². The van der Waals surface area contributed by atoms with Crippen LogP contribution in [0.2, 0.25) is 0 Å². The number of carbonyl (C=O) groups excluding carboxylic acids is 1. The lowest BCUT2D eigenvalue weighted by molar-refractivity contribution is -0.114. The molecule has 4 aromatic rings. The van der Waals surface area contributed by atoms with E-state index in [1.165, 1.54) is 19.1 Å². The summed E-state index contributed by atoms with van der Waals surface area (Å²) in [7, 11) is 0. The van der Waals surface area contributed by atoms with E-state index in [0.29, 0.717) is 22.2 Å². The number of fused-ring (bicyclic) bond motifs is 1. The summed E-state index contributed by atoms with van der Waals surface area (Å²) < 4.78 is 86.0. The highest BCUT2D eigenvalue weighted by atomic mass is 19.2. The van der Waals surface area contributed by atoms with Gasteiger partial charge in [-0.1, -0.05) is 36.4 Å². The maximum absolute atomic E-state index is 14.4. The Morgan fingerprint density at radius 1 is 0.811 bits per heavy atom. The molecule has 188 valence electrons. The van der Waals surface area contributed by atoms with E-state index in [2.05, 4.69) is 5.10 Å². The molecule has 0 radical (unpaired) electrons. The molecule has 0 aliphatic carbocycles. The number of para-hydroxylation sites is 1. The first-order valence-electron chi connectivity index (χ1n) is 11.1. The van der Waals surface area contributed by atoms with Gasteiger partial charge in [0.25, 0.3) is 5.91 Å². The average Bonchev–Trinajstić information content (AvgIpc) is 3.31. The van der Waals surface area contributed by atoms with E-state index >= 15 is 0 Å². The minimum atomic E-state index is -2.33. The van der Waals surface area contributed by atoms with Gasteiger partial charge in [0.1, 0.15) is 11.5 Å². The first-order chi connectivity index (χ1) is 17.6. The molecule has 0 saturated heterocycles. The number of amides is 1. The average molecular weight is 513 g/mol. The largest absolute Gasteiger partial charge is 0.340 e. The minimum Gasteiger partial charge on any atom is -0.340 e. The molecule has 1 aliphatic heterocycles. The number of hydrogen-bond acceptors (Lipinski definition) is 2. The molecule has 5 rings (SSSR count). The smallest absolute Gasteiger partial charge is 0.280 e. The van der Waals surface area contributed by atoms with Crippen molar-refractivity contribution in [3.63, 3.8) is 0 Å². The molecule has 3 aromatic carbocycles. The van der Waals surface area contributed by atoms with Gasteiger partial charge in [-0.15, -0.1) is 0 Å². The minimum absolute atomic E-state index is 0.0132. The van der Waals surface area contributed by atoms with E-state index in [-0.39, 0.29) is 28.7 Å². The number of halogens is 6. The molecule has 2 heterocycles. The zero-order valence-electron chi connectivity index (χ0n) is 19.4. The fourth-order valence-electron chi connectivity index (χ4n) is 4.40. The zero-order valence-corrected chi connectivity index (χ0v) is 19.4. The Hall–Kier alpha value is -4.34. The molecule has 0 fully saturated rings. The van der Waals surface area contributed by atoms with Crippen molar-refractivity contribution < 1.29 is 31.1 Å². The van der Waals surface area contributed by atoms with E-state index in [9.17, 15) is 31.1 Å². The third kappa shape index (κ3) is 3.80. The molecular weight excluding hydrogens is 496 g/mol. The second-order valence-corrected chi connectivity index (χ2v) is 8.47. The normalized spacial score (nSPS) is 14.8. The van der Waals surface area contributed by atoms with Crippen molar-refractivity contribution in [2.75, 3.05) is 5.01 Å². The van der Waals surface area contributed by atoms with Crippen LogP contribution in [0.25, 0.3) is 17.0 Å². The Balaban J connectivity index is 1.62. The van der Waals surface area contributed by atoms with E-state index in [1.807, 2.05) is 10.6 Å². The summed E-state index contributed by atoms with van der Waals surface area (Å²) in [5.74, 6) is -12.5. The van der Waals surface area contributed by atoms with Crippen LogP contribution in [-0.2, 0) is 11.3 Å². The Morgan fingerprint density at radius 2 is 1.41 bits per heavy atom. The second-order valence-electron chi connectivity index (χ2n) is 8.47. The summed E-state index contributed by atoms with van der Waals surface area (Å²) >= 11 is 0. The fourth-order valence-corrected chi connectivity index (χ4v) is 4.40. The van der Waals surface area contributed by atoms with Crippen LogP contribution in [0.15, 0.2) is 59.2 Å². The lowest BCUT2D eigenvalue weighted by Crippen LogP contribution is -2.25. The van der Waals surface area contributed by atoms with E-state index in [0.717, 1.165) is 5.52 Å². The Bertz CT molecular complexity index is 1640. The molecule has 4 nitrogen and oxygen atoms in total. The summed E-state index contributed by atoms with van der Waals surface area (Å²) in [4.78, 5) is 13.1. The van der Waals surface area contributed by atoms with Gasteiger partial charge in [-0.25, -0.2) is 26.3 Å². The lowest BCUT2D eigenvalue weighted by atomic mass is 10.0. The van der Waals surface area contributed by atoms with Crippen molar-refractivity contribution in [1.82, 2.24) is 4.57 Å². The van der Waals surface area contributed by atoms with Crippen LogP contribution >= 0.6 is 0 Å². The molecule has 10 heteroatoms. The van der Waals surface area contributed by atoms with Crippen molar-refractivity contribution in [2.45, 2.75) is 20.4 Å². The number of benzene rings is 3. The third-order valence-corrected chi connectivity index (χ3v) is 6.32. The molecular formula is C27H17F6N3O. The number of hydrazone groups is 1. The maximum Gasteiger partial charge on any atom is 0.280 e. The van der Waals surface area contributed by atoms with Crippen LogP contribution in [0.4, 0.5) is 32.0 Å². The monoisotopic (exact) mass is 513 g/mol. The first-order valence-corrected chi connectivity index (χ1v) is 11.1. The predicted octanol–water partition coefficient (Wildman–Crippen LogP) is 6.64. The Labute approximate surface area is 206 Å². The zero-order chi connectivity index (χ0) is 26.6. The predicted molar refractivity (Wildman–Crippen MR) is 127 cm³/mol. The molecule has 0 N–H and O–H groups in total. The Kier molecular flexibility index (Phi) is 5.89. The van der Waals surface area contributed by atoms with E-state index < -0.39 is 40.7 Å². The van der Waals surface area contributed by atoms with Crippen molar-refractivity contribution in [3.05, 3.63) is 106 Å². The lowest BCUT2D eigenvalue weighted by Gasteiger charge is -2.15. The second kappa shape index (κ2) is 8.95. The van der Waals surface area contributed by atoms with Crippen molar-refractivity contribution in [3.8, 4) is 0 Å². The van der Waals surface area contributed by atoms with Gasteiger partial charge in [0.15, 0.2) is 23.3 Å². The van der Waals surface area contributed by atoms with Crippen LogP contribution in [-0.4, -0.2) is 16.2 Å². The van der Waals surface area contributed by atoms with Crippen molar-refractivity contribution >= 4 is 34.3 Å². The SMILES string of the molecule is CC1=NN(c2c(F)c(F)c(F)c(F)c2F)C(=O)/C1=C\c1c(C)n(Cc2ccccc2F)c2ccccc12. The van der Waals surface area contributed by atoms with Crippen molar-refractivity contribution in [2.24, 2.45) is 5.10 Å². The number of rotatable bonds is 4. The fraction of sp³-hybridized carbons (Fsp3) is 0.111. The van der Waals surface area contributed by atoms with Gasteiger partial charge in [0, 0.05) is 27.7 Å². The van der Waals surface area contributed by atoms with E-state index in [4.69, 9.17) is 0 Å². The summed E-state index contributed by atoms with van der Waals surface area (Å²) in [5, 5.41) is 4.67. The van der Waals surface area contributed by atoms with Crippen LogP contribution < -0.4 is 5.01 Å². The molecule has 0 saturated carbocycles. The highest BCUT2D eigenvalue weighted by Crippen LogP contribution is 2.35. The summed E-state index contributed by atoms with van der Waals surface area (Å²) in [6.07, 6.45) is 1.45. The number of nitrogens with zero attached hydrogens (tertiary/aromatic N) is 3. The van der Waals surface area contributed by atoms with Gasteiger partial charge in [0.2, 0.25) is 5.82 Å². The van der Waals surface area contributed by atoms with Crippen molar-refractivity contribution in [1.29, 1.82) is 0 Å². The van der Waals surface area contributed by atoms with Crippen LogP contribution in [0.3, 0.4) is 0 Å². The molecule has 37 heavy (non-hydrogen) atoms. The van der Waals surface area contributed by atoms with Gasteiger partial charge >= 0.3 is 0 Å². The molecule has 0 spiro atoms. The highest BCUT2D eigenvalue weighted by Gasteiger charge is 2.37. The van der Waals surface area contributed by atoms with Crippen LogP contribution in [0.5, 0.6) is 0 Å². The van der Waals surface area contributed by atoms with Gasteiger partial charge in [-0.05, 0) is 32.1 Å². The van der Waals surface area contributed by atoms with Gasteiger partial charge in [-0.3, -0.25) is 4.79 Å². The summed E-state index contributed by atoms with van der Waals surface area (Å²) in [6, 6.07) is 13.5. The molecule has 1 amide bonds. The molecule has 0 bridgehead atoms. The van der Waals surface area contributed by atoms with Gasteiger partial charge in [-0.2, -0.15) is 10.1 Å². The Morgan fingerprint density at radius 3 is 2.08 bits per heavy atom. The van der Waals surface area contributed by atoms with Gasteiger partial charge < -0.3 is 4.57 Å². The topological polar surface area (TPSA) is 37.6 Å². The number of carbonyl (C=O) groups is 1. The highest BCUT2D eigenvalue weighted by molar-refractivity contribution is 6.32. The van der Waals surface area contributed by atoms with E-state index in [1.54, 1.807) is 43.3 Å². The first kappa shape index (κ1) is 24.4. The number of hydrogen-bond donors (Lipinski definition) is 0. The van der Waals surface area contributed by atoms with Crippen LogP contribution in [0.1, 0.15) is 23.7 Å². The number of anilines is 1. The molecule has 0 unspecified atom stereocenters. The standard InChI is InChI=1S/C27H17F6N3O/c1-13-17(27(37)36(34-13)26-24(32)22(30)21(29)23(31)25(26)33)11-18-14(2)35(20-10-6-4-8-16(18)20)12-15-7-3-5-9-19(15)28/h3-11H,12H2,1-2H3/b17-11-.